The summed E-state index contributed by atoms with van der Waals surface area (Å²) >= 11 is 0. The first kappa shape index (κ1) is 72.4. The number of nitrogens with zero attached hydrogens (tertiary/aromatic N) is 6. The SMILES string of the molecule is c1ccc(-n2c3ccccc3c3cc(-c4c5nc(c(-c6ccc7c(c6)c6ccccc6n7-c6ccccc6)c6[nH]c(c(-c7ccc8c(c7)c7ccccc7n8-c7ccccc7)c7nc(c(-c8ccc9c(c8)c8ccccc8n9-c8ccccc8)c8[nH]c4c4cc9ccccc9cc84)-c4cc8ccccc8cc4-7)c4cc7ccccc7cc64)-c4cc6ccccc6cc4-5)ccc32)cc1. The van der Waals surface area contributed by atoms with Crippen molar-refractivity contribution in [2.75, 3.05) is 0 Å². The van der Waals surface area contributed by atoms with Crippen LogP contribution in [0.4, 0.5) is 0 Å². The molecule has 8 bridgehead atoms. The quantitative estimate of drug-likeness (QED) is 0.159. The maximum Gasteiger partial charge on any atom is 0.0816 e. The summed E-state index contributed by atoms with van der Waals surface area (Å²) in [4.78, 5) is 22.7. The molecule has 3 aliphatic rings. The summed E-state index contributed by atoms with van der Waals surface area (Å²) in [5.74, 6) is 0. The minimum Gasteiger partial charge on any atom is -0.353 e. The first-order valence-corrected chi connectivity index (χ1v) is 45.4. The second-order valence-corrected chi connectivity index (χ2v) is 35.5. The van der Waals surface area contributed by atoms with E-state index in [1.807, 2.05) is 0 Å². The summed E-state index contributed by atoms with van der Waals surface area (Å²) in [5, 5.41) is 22.1. The van der Waals surface area contributed by atoms with Gasteiger partial charge in [-0.15, -0.1) is 0 Å². The zero-order valence-electron chi connectivity index (χ0n) is 71.3. The van der Waals surface area contributed by atoms with E-state index in [2.05, 4.69) is 465 Å². The van der Waals surface area contributed by atoms with Crippen molar-refractivity contribution in [3.63, 3.8) is 0 Å². The van der Waals surface area contributed by atoms with Crippen LogP contribution in [0.2, 0.25) is 0 Å². The molecule has 8 heteroatoms. The molecule has 0 spiro atoms. The van der Waals surface area contributed by atoms with E-state index in [0.29, 0.717) is 0 Å². The number of para-hydroxylation sites is 8. The van der Waals surface area contributed by atoms with E-state index in [0.717, 1.165) is 286 Å². The molecule has 0 radical (unpaired) electrons. The predicted molar refractivity (Wildman–Crippen MR) is 554 cm³/mol. The van der Waals surface area contributed by atoms with Gasteiger partial charge in [-0.1, -0.05) is 267 Å². The molecule has 2 aliphatic heterocycles. The van der Waals surface area contributed by atoms with Gasteiger partial charge in [0.25, 0.3) is 0 Å². The third kappa shape index (κ3) is 10.6. The van der Waals surface area contributed by atoms with Gasteiger partial charge in [-0.2, -0.15) is 0 Å². The molecule has 0 saturated carbocycles. The molecule has 8 heterocycles. The Morgan fingerprint density at radius 2 is 0.341 bits per heavy atom. The molecule has 6 aromatic heterocycles. The minimum atomic E-state index is 0.838. The second-order valence-electron chi connectivity index (χ2n) is 35.5. The van der Waals surface area contributed by atoms with E-state index < -0.39 is 0 Å². The molecule has 20 aromatic carbocycles. The zero-order chi connectivity index (χ0) is 86.1. The van der Waals surface area contributed by atoms with Crippen molar-refractivity contribution in [3.8, 4) is 112 Å². The number of benzene rings is 20. The zero-order valence-corrected chi connectivity index (χ0v) is 71.3. The summed E-state index contributed by atoms with van der Waals surface area (Å²) in [7, 11) is 0. The molecule has 0 unspecified atom stereocenters. The van der Waals surface area contributed by atoms with Crippen LogP contribution in [0.15, 0.2) is 437 Å². The van der Waals surface area contributed by atoms with Crippen molar-refractivity contribution < 1.29 is 0 Å². The molecular formula is C124H74N8. The van der Waals surface area contributed by atoms with Gasteiger partial charge in [0, 0.05) is 132 Å². The molecule has 0 saturated heterocycles. The summed E-state index contributed by atoms with van der Waals surface area (Å²) < 4.78 is 9.71. The molecule has 0 amide bonds. The molecule has 26 aromatic rings. The van der Waals surface area contributed by atoms with Crippen LogP contribution in [0.1, 0.15) is 0 Å². The number of rotatable bonds is 8. The highest BCUT2D eigenvalue weighted by molar-refractivity contribution is 6.28. The number of H-pyrrole nitrogens is 2. The van der Waals surface area contributed by atoms with E-state index in [9.17, 15) is 0 Å². The van der Waals surface area contributed by atoms with Crippen molar-refractivity contribution >= 4 is 174 Å². The van der Waals surface area contributed by atoms with Gasteiger partial charge in [0.2, 0.25) is 0 Å². The maximum atomic E-state index is 6.72. The molecule has 132 heavy (non-hydrogen) atoms. The van der Waals surface area contributed by atoms with Crippen LogP contribution in [-0.2, 0) is 0 Å². The largest absolute Gasteiger partial charge is 0.353 e. The topological polar surface area (TPSA) is 77.1 Å². The highest BCUT2D eigenvalue weighted by Crippen LogP contribution is 2.56. The van der Waals surface area contributed by atoms with Crippen LogP contribution in [-0.4, -0.2) is 38.2 Å². The molecule has 0 atom stereocenters. The van der Waals surface area contributed by atoms with Crippen molar-refractivity contribution in [2.45, 2.75) is 0 Å². The van der Waals surface area contributed by atoms with Crippen molar-refractivity contribution in [3.05, 3.63) is 437 Å². The van der Waals surface area contributed by atoms with Gasteiger partial charge >= 0.3 is 0 Å². The fourth-order valence-electron chi connectivity index (χ4n) is 22.6. The highest BCUT2D eigenvalue weighted by atomic mass is 15.0. The van der Waals surface area contributed by atoms with Crippen LogP contribution < -0.4 is 0 Å². The van der Waals surface area contributed by atoms with Crippen molar-refractivity contribution in [1.29, 1.82) is 0 Å². The molecule has 610 valence electrons. The van der Waals surface area contributed by atoms with E-state index >= 15 is 0 Å². The third-order valence-corrected chi connectivity index (χ3v) is 28.4. The number of fused-ring (bicyclic) bond motifs is 16. The molecule has 29 rings (SSSR count). The standard InChI is InChI=1S/C124H74N8/c1-5-37-85(38-6-1)129-105-49-25-21-45-89(105)93-69-81(53-57-109(93)129)113-117-97-61-73-29-13-15-31-75(73)63-99(97)119(125-117)114(82-54-58-110-94(70-82)90-46-22-26-50-106(90)130(110)86-39-7-2-8-40-86)121-101-65-77-33-17-19-35-79(77)67-103(101)123(127-121)116(84-56-60-112-96(72-84)92-48-24-28-52-108(92)132(112)88-43-11-4-12-44-88)124-104-68-80-36-20-18-34-78(80)66-102(104)122(128-124)115(120-100-64-76-32-16-14-30-74(76)62-98(100)118(113)126-120)83-55-59-111-95(71-83)91-47-23-27-51-107(91)131(111)87-41-9-3-10-42-87/h1-72,125,128H. The Bertz CT molecular complexity index is 8790. The van der Waals surface area contributed by atoms with Gasteiger partial charge < -0.3 is 28.2 Å². The first-order valence-electron chi connectivity index (χ1n) is 45.4. The Kier molecular flexibility index (Phi) is 15.3. The van der Waals surface area contributed by atoms with E-state index in [1.165, 1.54) is 0 Å². The Labute approximate surface area is 756 Å². The van der Waals surface area contributed by atoms with Crippen molar-refractivity contribution in [2.24, 2.45) is 0 Å². The average molecular weight is 1680 g/mol. The second kappa shape index (κ2) is 27.9. The monoisotopic (exact) mass is 1670 g/mol. The number of aromatic nitrogens is 8. The lowest BCUT2D eigenvalue weighted by molar-refractivity contribution is 1.18. The number of nitrogens with one attached hydrogen (secondary N) is 2. The summed E-state index contributed by atoms with van der Waals surface area (Å²) in [5.41, 5.74) is 32.2. The number of hydrogen-bond acceptors (Lipinski definition) is 2. The average Bonchev–Trinajstić information content (AvgIpc) is 1.53. The number of hydrogen-bond donors (Lipinski definition) is 2. The van der Waals surface area contributed by atoms with Gasteiger partial charge in [0.15, 0.2) is 0 Å². The van der Waals surface area contributed by atoms with Gasteiger partial charge in [-0.25, -0.2) is 9.97 Å². The lowest BCUT2D eigenvalue weighted by Crippen LogP contribution is -1.93. The van der Waals surface area contributed by atoms with E-state index in [4.69, 9.17) is 9.97 Å². The van der Waals surface area contributed by atoms with Gasteiger partial charge in [-0.05, 0) is 235 Å². The smallest absolute Gasteiger partial charge is 0.0816 e. The minimum absolute atomic E-state index is 0.838. The predicted octanol–water partition coefficient (Wildman–Crippen LogP) is 33.0. The van der Waals surface area contributed by atoms with Gasteiger partial charge in [-0.3, -0.25) is 0 Å². The van der Waals surface area contributed by atoms with Crippen LogP contribution in [0, 0.1) is 0 Å². The highest BCUT2D eigenvalue weighted by Gasteiger charge is 2.34. The molecule has 1 aliphatic carbocycles. The fourth-order valence-corrected chi connectivity index (χ4v) is 22.6. The first-order chi connectivity index (χ1) is 65.5. The lowest BCUT2D eigenvalue weighted by atomic mass is 9.90. The fraction of sp³-hybridized carbons (Fsp3) is 0. The maximum absolute atomic E-state index is 6.72. The normalized spacial score (nSPS) is 12.2. The molecular weight excluding hydrogens is 1600 g/mol. The Morgan fingerprint density at radius 1 is 0.152 bits per heavy atom. The lowest BCUT2D eigenvalue weighted by Gasteiger charge is -2.12. The Balaban J connectivity index is 0.886. The summed E-state index contributed by atoms with van der Waals surface area (Å²) in [6.45, 7) is 0. The Morgan fingerprint density at radius 3 is 0.568 bits per heavy atom. The summed E-state index contributed by atoms with van der Waals surface area (Å²) in [6.07, 6.45) is 0. The summed E-state index contributed by atoms with van der Waals surface area (Å²) in [6, 6.07) is 163. The van der Waals surface area contributed by atoms with Gasteiger partial charge in [0.05, 0.1) is 89.0 Å². The van der Waals surface area contributed by atoms with E-state index in [-0.39, 0.29) is 0 Å². The van der Waals surface area contributed by atoms with Crippen LogP contribution in [0.5, 0.6) is 0 Å². The van der Waals surface area contributed by atoms with E-state index in [1.54, 1.807) is 0 Å². The van der Waals surface area contributed by atoms with Gasteiger partial charge in [0.1, 0.15) is 0 Å². The molecule has 8 nitrogen and oxygen atoms in total. The molecule has 2 N–H and O–H groups in total. The molecule has 0 fully saturated rings. The van der Waals surface area contributed by atoms with Crippen LogP contribution in [0.3, 0.4) is 0 Å². The third-order valence-electron chi connectivity index (χ3n) is 28.4. The number of aromatic amines is 2. The van der Waals surface area contributed by atoms with Crippen LogP contribution in [0.25, 0.3) is 286 Å². The van der Waals surface area contributed by atoms with Crippen molar-refractivity contribution in [1.82, 2.24) is 38.2 Å². The Hall–Kier alpha value is -17.7. The van der Waals surface area contributed by atoms with Crippen LogP contribution >= 0.6 is 0 Å².